The van der Waals surface area contributed by atoms with Gasteiger partial charge in [0.15, 0.2) is 0 Å². The van der Waals surface area contributed by atoms with Crippen molar-refractivity contribution in [1.82, 2.24) is 10.3 Å². The zero-order valence-electron chi connectivity index (χ0n) is 16.4. The maximum atomic E-state index is 13.7. The van der Waals surface area contributed by atoms with Gasteiger partial charge in [0.2, 0.25) is 0 Å². The molecule has 29 heavy (non-hydrogen) atoms. The minimum absolute atomic E-state index is 0.0527. The number of fused-ring (bicyclic) bond motifs is 1. The predicted octanol–water partition coefficient (Wildman–Crippen LogP) is 3.30. The van der Waals surface area contributed by atoms with Crippen molar-refractivity contribution in [2.24, 2.45) is 0 Å². The van der Waals surface area contributed by atoms with Crippen LogP contribution >= 0.6 is 0 Å². The van der Waals surface area contributed by atoms with Gasteiger partial charge in [-0.2, -0.15) is 0 Å². The molecule has 1 aliphatic carbocycles. The minimum atomic E-state index is -0.414. The molecule has 6 nitrogen and oxygen atoms in total. The summed E-state index contributed by atoms with van der Waals surface area (Å²) < 4.78 is 13.7. The Hall–Kier alpha value is -2.93. The Bertz CT molecular complexity index is 1020. The van der Waals surface area contributed by atoms with Gasteiger partial charge in [0, 0.05) is 28.7 Å². The van der Waals surface area contributed by atoms with E-state index in [0.29, 0.717) is 46.6 Å². The van der Waals surface area contributed by atoms with Crippen LogP contribution in [-0.4, -0.2) is 34.1 Å². The van der Waals surface area contributed by atoms with E-state index in [1.165, 1.54) is 18.2 Å². The van der Waals surface area contributed by atoms with Gasteiger partial charge in [0.05, 0.1) is 17.2 Å². The number of nitrogens with one attached hydrogen (secondary N) is 3. The summed E-state index contributed by atoms with van der Waals surface area (Å²) in [7, 11) is 0. The number of benzene rings is 1. The average molecular weight is 397 g/mol. The number of anilines is 1. The smallest absolute Gasteiger partial charge is 0.256 e. The highest BCUT2D eigenvalue weighted by Gasteiger charge is 2.27. The second-order valence-corrected chi connectivity index (χ2v) is 7.84. The summed E-state index contributed by atoms with van der Waals surface area (Å²) in [5, 5.41) is 15.4. The van der Waals surface area contributed by atoms with E-state index in [9.17, 15) is 19.1 Å². The molecule has 1 fully saturated rings. The Balaban J connectivity index is 1.61. The second kappa shape index (κ2) is 7.48. The molecule has 1 aromatic carbocycles. The molecule has 0 radical (unpaired) electrons. The summed E-state index contributed by atoms with van der Waals surface area (Å²) in [5.41, 5.74) is 4.09. The van der Waals surface area contributed by atoms with E-state index in [4.69, 9.17) is 0 Å². The molecule has 4 rings (SSSR count). The standard InChI is InChI=1S/C22H24FN3O3/c1-11-19(10-17-16-9-13(23)3-8-18(16)26-21(17)28)24-12(2)20(11)22(29)25-14-4-6-15(27)7-5-14/h3,8-10,14-15,24,27H,4-7H2,1-2H3,(H,25,29)(H,26,28)/b17-10-. The maximum Gasteiger partial charge on any atom is 0.256 e. The molecule has 152 valence electrons. The Labute approximate surface area is 168 Å². The number of rotatable bonds is 3. The van der Waals surface area contributed by atoms with E-state index in [0.717, 1.165) is 18.4 Å². The van der Waals surface area contributed by atoms with Gasteiger partial charge in [-0.15, -0.1) is 0 Å². The number of hydrogen-bond donors (Lipinski definition) is 4. The number of carbonyl (C=O) groups is 2. The van der Waals surface area contributed by atoms with Crippen molar-refractivity contribution in [3.05, 3.63) is 52.1 Å². The topological polar surface area (TPSA) is 94.2 Å². The van der Waals surface area contributed by atoms with Gasteiger partial charge >= 0.3 is 0 Å². The number of aliphatic hydroxyl groups excluding tert-OH is 1. The van der Waals surface area contributed by atoms with E-state index in [-0.39, 0.29) is 24.0 Å². The lowest BCUT2D eigenvalue weighted by Gasteiger charge is -2.26. The van der Waals surface area contributed by atoms with Crippen LogP contribution in [0.3, 0.4) is 0 Å². The molecule has 2 aromatic rings. The molecule has 0 unspecified atom stereocenters. The van der Waals surface area contributed by atoms with E-state index in [2.05, 4.69) is 15.6 Å². The van der Waals surface area contributed by atoms with Gasteiger partial charge in [0.1, 0.15) is 5.82 Å². The lowest BCUT2D eigenvalue weighted by Crippen LogP contribution is -2.38. The van der Waals surface area contributed by atoms with Crippen molar-refractivity contribution < 1.29 is 19.1 Å². The summed E-state index contributed by atoms with van der Waals surface area (Å²) in [5.74, 6) is -0.878. The van der Waals surface area contributed by atoms with Gasteiger partial charge in [0.25, 0.3) is 11.8 Å². The lowest BCUT2D eigenvalue weighted by molar-refractivity contribution is -0.110. The minimum Gasteiger partial charge on any atom is -0.393 e. The predicted molar refractivity (Wildman–Crippen MR) is 109 cm³/mol. The fourth-order valence-electron chi connectivity index (χ4n) is 4.18. The number of H-pyrrole nitrogens is 1. The summed E-state index contributed by atoms with van der Waals surface area (Å²) in [6.07, 6.45) is 4.29. The fraction of sp³-hybridized carbons (Fsp3) is 0.364. The first-order valence-electron chi connectivity index (χ1n) is 9.84. The van der Waals surface area contributed by atoms with Crippen molar-refractivity contribution in [1.29, 1.82) is 0 Å². The number of aryl methyl sites for hydroxylation is 1. The Morgan fingerprint density at radius 1 is 1.24 bits per heavy atom. The molecule has 1 aromatic heterocycles. The Kier molecular flexibility index (Phi) is 5.00. The molecule has 1 aliphatic heterocycles. The van der Waals surface area contributed by atoms with Crippen LogP contribution in [0.2, 0.25) is 0 Å². The monoisotopic (exact) mass is 397 g/mol. The molecule has 0 saturated heterocycles. The summed E-state index contributed by atoms with van der Waals surface area (Å²) in [6.45, 7) is 3.64. The van der Waals surface area contributed by atoms with Gasteiger partial charge in [-0.05, 0) is 69.4 Å². The number of halogens is 1. The van der Waals surface area contributed by atoms with Crippen LogP contribution in [0.1, 0.15) is 58.6 Å². The van der Waals surface area contributed by atoms with Crippen LogP contribution in [0.15, 0.2) is 18.2 Å². The number of aromatic amines is 1. The third-order valence-electron chi connectivity index (χ3n) is 5.79. The zero-order chi connectivity index (χ0) is 20.7. The number of carbonyl (C=O) groups excluding carboxylic acids is 2. The highest BCUT2D eigenvalue weighted by molar-refractivity contribution is 6.34. The molecule has 1 saturated carbocycles. The first-order chi connectivity index (χ1) is 13.8. The lowest BCUT2D eigenvalue weighted by atomic mass is 9.93. The van der Waals surface area contributed by atoms with Gasteiger partial charge in [-0.1, -0.05) is 0 Å². The summed E-state index contributed by atoms with van der Waals surface area (Å²) in [4.78, 5) is 28.4. The number of aliphatic hydroxyl groups is 1. The largest absolute Gasteiger partial charge is 0.393 e. The van der Waals surface area contributed by atoms with Gasteiger partial charge < -0.3 is 20.7 Å². The van der Waals surface area contributed by atoms with Crippen molar-refractivity contribution in [3.63, 3.8) is 0 Å². The van der Waals surface area contributed by atoms with Crippen LogP contribution in [0.5, 0.6) is 0 Å². The highest BCUT2D eigenvalue weighted by Crippen LogP contribution is 2.34. The normalized spacial score (nSPS) is 22.5. The second-order valence-electron chi connectivity index (χ2n) is 7.84. The van der Waals surface area contributed by atoms with Crippen LogP contribution in [0, 0.1) is 19.7 Å². The quantitative estimate of drug-likeness (QED) is 0.599. The van der Waals surface area contributed by atoms with E-state index >= 15 is 0 Å². The summed E-state index contributed by atoms with van der Waals surface area (Å²) in [6, 6.07) is 4.22. The van der Waals surface area contributed by atoms with Crippen LogP contribution in [-0.2, 0) is 4.79 Å². The molecular weight excluding hydrogens is 373 g/mol. The molecule has 0 atom stereocenters. The Morgan fingerprint density at radius 3 is 2.69 bits per heavy atom. The zero-order valence-corrected chi connectivity index (χ0v) is 16.4. The van der Waals surface area contributed by atoms with E-state index in [1.807, 2.05) is 13.8 Å². The van der Waals surface area contributed by atoms with Crippen molar-refractivity contribution in [2.75, 3.05) is 5.32 Å². The molecular formula is C22H24FN3O3. The van der Waals surface area contributed by atoms with Crippen LogP contribution in [0.4, 0.5) is 10.1 Å². The molecule has 2 amide bonds. The van der Waals surface area contributed by atoms with Crippen LogP contribution in [0.25, 0.3) is 11.6 Å². The summed E-state index contributed by atoms with van der Waals surface area (Å²) >= 11 is 0. The molecule has 7 heteroatoms. The average Bonchev–Trinajstić information content (AvgIpc) is 3.13. The maximum absolute atomic E-state index is 13.7. The van der Waals surface area contributed by atoms with Crippen molar-refractivity contribution in [2.45, 2.75) is 51.7 Å². The SMILES string of the molecule is Cc1[nH]c(/C=C2\C(=O)Nc3ccc(F)cc32)c(C)c1C(=O)NC1CCC(O)CC1. The third-order valence-corrected chi connectivity index (χ3v) is 5.79. The number of aromatic nitrogens is 1. The van der Waals surface area contributed by atoms with Crippen LogP contribution < -0.4 is 10.6 Å². The Morgan fingerprint density at radius 2 is 1.97 bits per heavy atom. The fourth-order valence-corrected chi connectivity index (χ4v) is 4.18. The van der Waals surface area contributed by atoms with Crippen molar-refractivity contribution >= 4 is 29.2 Å². The van der Waals surface area contributed by atoms with Gasteiger partial charge in [-0.3, -0.25) is 9.59 Å². The van der Waals surface area contributed by atoms with E-state index < -0.39 is 5.82 Å². The molecule has 2 aliphatic rings. The first-order valence-corrected chi connectivity index (χ1v) is 9.84. The molecule has 0 spiro atoms. The van der Waals surface area contributed by atoms with E-state index in [1.54, 1.807) is 6.08 Å². The molecule has 0 bridgehead atoms. The third kappa shape index (κ3) is 3.70. The number of hydrogen-bond acceptors (Lipinski definition) is 3. The first kappa shape index (κ1) is 19.4. The number of amides is 2. The molecule has 2 heterocycles. The van der Waals surface area contributed by atoms with Gasteiger partial charge in [-0.25, -0.2) is 4.39 Å². The molecule has 4 N–H and O–H groups in total. The van der Waals surface area contributed by atoms with Crippen molar-refractivity contribution in [3.8, 4) is 0 Å². The highest BCUT2D eigenvalue weighted by atomic mass is 19.1.